The first-order chi connectivity index (χ1) is 18.9. The highest BCUT2D eigenvalue weighted by Crippen LogP contribution is 2.33. The lowest BCUT2D eigenvalue weighted by Crippen LogP contribution is -2.61. The van der Waals surface area contributed by atoms with Gasteiger partial charge in [0.05, 0.1) is 5.56 Å². The van der Waals surface area contributed by atoms with Gasteiger partial charge in [-0.15, -0.1) is 0 Å². The molecule has 9 nitrogen and oxygen atoms in total. The number of unbranched alkanes of at least 4 members (excludes halogenated alkanes) is 1. The number of carboxylic acids is 1. The summed E-state index contributed by atoms with van der Waals surface area (Å²) in [5.41, 5.74) is 6.56. The predicted octanol–water partition coefficient (Wildman–Crippen LogP) is 4.16. The summed E-state index contributed by atoms with van der Waals surface area (Å²) in [4.78, 5) is 58.7. The molecule has 1 aromatic carbocycles. The summed E-state index contributed by atoms with van der Waals surface area (Å²) in [6.45, 7) is 0.392. The molecule has 0 aliphatic heterocycles. The molecule has 0 saturated heterocycles. The Morgan fingerprint density at radius 3 is 2.31 bits per heavy atom. The van der Waals surface area contributed by atoms with Crippen LogP contribution in [0, 0.1) is 5.92 Å². The molecule has 39 heavy (non-hydrogen) atoms. The predicted molar refractivity (Wildman–Crippen MR) is 149 cm³/mol. The summed E-state index contributed by atoms with van der Waals surface area (Å²) < 4.78 is 0. The zero-order valence-corrected chi connectivity index (χ0v) is 22.7. The fourth-order valence-electron chi connectivity index (χ4n) is 6.37. The lowest BCUT2D eigenvalue weighted by atomic mass is 9.81. The van der Waals surface area contributed by atoms with Crippen LogP contribution in [0.1, 0.15) is 93.8 Å². The number of carbonyl (C=O) groups excluding carboxylic acids is 3. The van der Waals surface area contributed by atoms with E-state index in [2.05, 4.69) is 10.3 Å². The third kappa shape index (κ3) is 6.87. The summed E-state index contributed by atoms with van der Waals surface area (Å²) in [5, 5.41) is 14.1. The molecule has 2 aliphatic carbocycles. The van der Waals surface area contributed by atoms with E-state index in [1.807, 2.05) is 12.1 Å². The van der Waals surface area contributed by atoms with Crippen molar-refractivity contribution in [1.82, 2.24) is 15.2 Å². The minimum absolute atomic E-state index is 0.000806. The number of carbonyl (C=O) groups is 4. The third-order valence-corrected chi connectivity index (χ3v) is 8.43. The number of aromatic nitrogens is 1. The molecule has 2 saturated carbocycles. The van der Waals surface area contributed by atoms with E-state index in [4.69, 9.17) is 5.73 Å². The van der Waals surface area contributed by atoms with Crippen LogP contribution in [0.25, 0.3) is 10.9 Å². The van der Waals surface area contributed by atoms with Crippen molar-refractivity contribution >= 4 is 34.5 Å². The number of nitrogens with two attached hydrogens (primary N) is 1. The van der Waals surface area contributed by atoms with Crippen molar-refractivity contribution < 1.29 is 24.3 Å². The Balaban J connectivity index is 1.74. The van der Waals surface area contributed by atoms with Crippen LogP contribution in [0.3, 0.4) is 0 Å². The molecule has 2 aliphatic rings. The van der Waals surface area contributed by atoms with Crippen LogP contribution in [0.5, 0.6) is 0 Å². The summed E-state index contributed by atoms with van der Waals surface area (Å²) >= 11 is 0. The second-order valence-corrected chi connectivity index (χ2v) is 11.1. The van der Waals surface area contributed by atoms with Gasteiger partial charge in [-0.05, 0) is 63.5 Å². The number of fused-ring (bicyclic) bond motifs is 1. The lowest BCUT2D eigenvalue weighted by Gasteiger charge is -2.41. The number of aliphatic carboxylic acids is 1. The number of hydrogen-bond acceptors (Lipinski definition) is 5. The van der Waals surface area contributed by atoms with E-state index in [-0.39, 0.29) is 29.9 Å². The van der Waals surface area contributed by atoms with Crippen molar-refractivity contribution in [2.45, 2.75) is 102 Å². The van der Waals surface area contributed by atoms with E-state index in [0.717, 1.165) is 56.3 Å². The SMILES string of the molecule is NCCCC[C@@H](C(=O)O)N(C(=O)C(=O)c1c[nH]c2ccccc12)C(C(=O)NC1CCCCC1)C1CCCCC1. The minimum atomic E-state index is -1.30. The second kappa shape index (κ2) is 13.7. The quantitative estimate of drug-likeness (QED) is 0.181. The number of rotatable bonds is 12. The lowest BCUT2D eigenvalue weighted by molar-refractivity contribution is -0.155. The maximum absolute atomic E-state index is 14.1. The Hall–Kier alpha value is -3.20. The van der Waals surface area contributed by atoms with Crippen LogP contribution in [-0.2, 0) is 14.4 Å². The van der Waals surface area contributed by atoms with Crippen molar-refractivity contribution in [1.29, 1.82) is 0 Å². The van der Waals surface area contributed by atoms with E-state index in [1.54, 1.807) is 12.1 Å². The minimum Gasteiger partial charge on any atom is -0.480 e. The number of hydrogen-bond donors (Lipinski definition) is 4. The van der Waals surface area contributed by atoms with E-state index >= 15 is 0 Å². The summed E-state index contributed by atoms with van der Waals surface area (Å²) in [5.74, 6) is -3.49. The molecular weight excluding hydrogens is 496 g/mol. The van der Waals surface area contributed by atoms with Crippen molar-refractivity contribution in [3.63, 3.8) is 0 Å². The molecule has 2 atom stereocenters. The zero-order valence-electron chi connectivity index (χ0n) is 22.7. The van der Waals surface area contributed by atoms with Gasteiger partial charge in [0.1, 0.15) is 12.1 Å². The normalized spacial score (nSPS) is 18.4. The monoisotopic (exact) mass is 538 g/mol. The van der Waals surface area contributed by atoms with Crippen molar-refractivity contribution in [2.24, 2.45) is 11.7 Å². The second-order valence-electron chi connectivity index (χ2n) is 11.1. The van der Waals surface area contributed by atoms with E-state index in [0.29, 0.717) is 43.1 Å². The van der Waals surface area contributed by atoms with Gasteiger partial charge in [0.15, 0.2) is 0 Å². The molecule has 2 aromatic rings. The molecule has 5 N–H and O–H groups in total. The van der Waals surface area contributed by atoms with Crippen LogP contribution in [0.4, 0.5) is 0 Å². The maximum Gasteiger partial charge on any atom is 0.326 e. The van der Waals surface area contributed by atoms with Gasteiger partial charge in [0, 0.05) is 23.1 Å². The van der Waals surface area contributed by atoms with Gasteiger partial charge in [-0.25, -0.2) is 4.79 Å². The van der Waals surface area contributed by atoms with Gasteiger partial charge >= 0.3 is 5.97 Å². The number of ketones is 1. The first kappa shape index (κ1) is 28.8. The molecule has 4 rings (SSSR count). The number of amides is 2. The topological polar surface area (TPSA) is 146 Å². The summed E-state index contributed by atoms with van der Waals surface area (Å²) in [6, 6.07) is 4.84. The molecule has 212 valence electrons. The average molecular weight is 539 g/mol. The number of para-hydroxylation sites is 1. The fourth-order valence-corrected chi connectivity index (χ4v) is 6.37. The maximum atomic E-state index is 14.1. The van der Waals surface area contributed by atoms with Gasteiger partial charge in [-0.1, -0.05) is 56.7 Å². The van der Waals surface area contributed by atoms with Gasteiger partial charge in [-0.3, -0.25) is 14.4 Å². The van der Waals surface area contributed by atoms with Crippen LogP contribution in [0.2, 0.25) is 0 Å². The average Bonchev–Trinajstić information content (AvgIpc) is 3.39. The number of H-pyrrole nitrogens is 1. The van der Waals surface area contributed by atoms with Crippen LogP contribution in [-0.4, -0.2) is 63.2 Å². The smallest absolute Gasteiger partial charge is 0.326 e. The number of nitrogens with one attached hydrogen (secondary N) is 2. The molecule has 1 aromatic heterocycles. The Kier molecular flexibility index (Phi) is 10.1. The standard InChI is InChI=1S/C30H42N4O5/c31-18-10-9-17-25(30(38)39)34(29(37)27(35)23-19-32-24-16-8-7-15-22(23)24)26(20-11-3-1-4-12-20)28(36)33-21-13-5-2-6-14-21/h7-8,15-16,19-21,25-26,32H,1-6,9-14,17-18,31H2,(H,33,36)(H,38,39)/t25-,26?/m0/s1. The van der Waals surface area contributed by atoms with Crippen LogP contribution < -0.4 is 11.1 Å². The van der Waals surface area contributed by atoms with Gasteiger partial charge < -0.3 is 26.0 Å². The molecule has 0 spiro atoms. The Labute approximate surface area is 229 Å². The van der Waals surface area contributed by atoms with Gasteiger partial charge in [0.2, 0.25) is 5.91 Å². The van der Waals surface area contributed by atoms with Gasteiger partial charge in [-0.2, -0.15) is 0 Å². The Morgan fingerprint density at radius 1 is 0.974 bits per heavy atom. The Morgan fingerprint density at radius 2 is 1.64 bits per heavy atom. The molecule has 2 amide bonds. The number of aromatic amines is 1. The number of Topliss-reactive ketones (excluding diaryl/α,β-unsaturated/α-hetero) is 1. The highest BCUT2D eigenvalue weighted by molar-refractivity contribution is 6.45. The largest absolute Gasteiger partial charge is 0.480 e. The molecule has 9 heteroatoms. The summed E-state index contributed by atoms with van der Waals surface area (Å²) in [6.07, 6.45) is 11.9. The molecular formula is C30H42N4O5. The summed E-state index contributed by atoms with van der Waals surface area (Å²) in [7, 11) is 0. The number of nitrogens with zero attached hydrogens (tertiary/aromatic N) is 1. The highest BCUT2D eigenvalue weighted by atomic mass is 16.4. The number of carboxylic acid groups (broad SMARTS) is 1. The molecule has 1 heterocycles. The van der Waals surface area contributed by atoms with Crippen molar-refractivity contribution in [3.8, 4) is 0 Å². The first-order valence-electron chi connectivity index (χ1n) is 14.6. The van der Waals surface area contributed by atoms with E-state index in [1.165, 1.54) is 6.20 Å². The van der Waals surface area contributed by atoms with Crippen LogP contribution >= 0.6 is 0 Å². The Bertz CT molecular complexity index is 1150. The molecule has 0 bridgehead atoms. The van der Waals surface area contributed by atoms with E-state index in [9.17, 15) is 24.3 Å². The van der Waals surface area contributed by atoms with Crippen molar-refractivity contribution in [3.05, 3.63) is 36.0 Å². The molecule has 1 unspecified atom stereocenters. The van der Waals surface area contributed by atoms with Crippen molar-refractivity contribution in [2.75, 3.05) is 6.54 Å². The molecule has 2 fully saturated rings. The van der Waals surface area contributed by atoms with Crippen LogP contribution in [0.15, 0.2) is 30.5 Å². The molecule has 0 radical (unpaired) electrons. The first-order valence-corrected chi connectivity index (χ1v) is 14.6. The highest BCUT2D eigenvalue weighted by Gasteiger charge is 2.45. The fraction of sp³-hybridized carbons (Fsp3) is 0.600. The zero-order chi connectivity index (χ0) is 27.8. The van der Waals surface area contributed by atoms with E-state index < -0.39 is 29.7 Å². The van der Waals surface area contributed by atoms with Gasteiger partial charge in [0.25, 0.3) is 11.7 Å². The third-order valence-electron chi connectivity index (χ3n) is 8.43. The number of benzene rings is 1.